The normalized spacial score (nSPS) is 13.2. The largest absolute Gasteiger partial charge is 0.744 e. The first kappa shape index (κ1) is 64.1. The molecule has 0 fully saturated rings. The maximum atomic E-state index is 11.8. The molecule has 11 rings (SSSR count). The lowest BCUT2D eigenvalue weighted by Gasteiger charge is -2.10. The SMILES string of the molecule is C(=C\C=C\c1ccccc1)/C=C/Cc1ccccc1.CC[N+]1=C(C)c2cccc3c(S(=O)(=O)O)ccc1c23.Cl.O=C(O)Cn1/c(=C/C=C/C=C/C=C/C2=[N+](CC(=O)O)c3ccc(S(=O)(=O)[O-])c4cccc2c34)c2cccc3cccc1c32.O=S(=O)=O. The topological polar surface area (TPSA) is 248 Å². The molecule has 3 heterocycles. The number of aliphatic carboxylic acids is 2. The Morgan fingerprint density at radius 1 is 0.581 bits per heavy atom. The maximum Gasteiger partial charge on any atom is 0.425 e. The van der Waals surface area contributed by atoms with Crippen molar-refractivity contribution >= 4 is 133 Å². The Hall–Kier alpha value is -9.47. The lowest BCUT2D eigenvalue weighted by molar-refractivity contribution is -0.432. The molecule has 86 heavy (non-hydrogen) atoms. The number of rotatable bonds is 16. The highest BCUT2D eigenvalue weighted by Crippen LogP contribution is 2.40. The fourth-order valence-corrected chi connectivity index (χ4v) is 11.7. The van der Waals surface area contributed by atoms with Crippen LogP contribution in [-0.4, -0.2) is 99.0 Å². The zero-order chi connectivity index (χ0) is 60.8. The molecular formula is C66H57ClN3O13S3+. The van der Waals surface area contributed by atoms with E-state index in [0.717, 1.165) is 62.3 Å². The molecular weight excluding hydrogens is 1170 g/mol. The van der Waals surface area contributed by atoms with Gasteiger partial charge in [-0.1, -0.05) is 182 Å². The van der Waals surface area contributed by atoms with Crippen molar-refractivity contribution in [3.05, 3.63) is 252 Å². The molecule has 2 aliphatic rings. The van der Waals surface area contributed by atoms with E-state index in [0.29, 0.717) is 27.7 Å². The zero-order valence-electron chi connectivity index (χ0n) is 46.2. The lowest BCUT2D eigenvalue weighted by Crippen LogP contribution is -2.20. The molecule has 20 heteroatoms. The number of benzene rings is 8. The Balaban J connectivity index is 0.000000203. The zero-order valence-corrected chi connectivity index (χ0v) is 49.5. The van der Waals surface area contributed by atoms with Gasteiger partial charge in [0.25, 0.3) is 10.1 Å². The first-order chi connectivity index (χ1) is 40.8. The van der Waals surface area contributed by atoms with Crippen molar-refractivity contribution in [3.63, 3.8) is 0 Å². The Bertz CT molecular complexity index is 4730. The molecule has 0 spiro atoms. The molecule has 1 aromatic heterocycles. The van der Waals surface area contributed by atoms with Crippen LogP contribution in [-0.2, 0) is 53.4 Å². The summed E-state index contributed by atoms with van der Waals surface area (Å²) in [5, 5.41) is 25.1. The Labute approximate surface area is 504 Å². The standard InChI is InChI=1S/C33H24N2O7S.C19H18.C14H13NO3S.ClH.O3S/c36-30(37)19-34-25(22-11-6-9-21-10-7-16-27(34)32(21)22)14-4-2-1-3-5-15-26-23-12-8-13-24-29(43(40,41)42)18-17-28(33(23)24)35(26)20-31(38)39;1(2-6-12-18-14-8-4-9-15-18)3-7-13-19-16-10-5-11-17-19;1-3-15-9(2)10-5-4-6-11-13(19(16,17)18)8-7-12(15)14(10)11;;1-4(2)3/h1-18H,19-20H2,(H2-,36,37,38,39,40,41,42);1-12,14-17H,13H2;4-8H,3H2,1-2H3;1H;/p+1/b;2-1+,7-3+,12-6+;;;. The molecule has 2 aliphatic heterocycles. The second kappa shape index (κ2) is 28.9. The summed E-state index contributed by atoms with van der Waals surface area (Å²) in [5.41, 5.74) is 8.23. The van der Waals surface area contributed by atoms with E-state index in [-0.39, 0.29) is 40.7 Å². The number of aromatic nitrogens is 1. The van der Waals surface area contributed by atoms with Gasteiger partial charge < -0.3 is 19.3 Å². The molecule has 0 unspecified atom stereocenters. The van der Waals surface area contributed by atoms with Crippen LogP contribution in [0.2, 0.25) is 0 Å². The van der Waals surface area contributed by atoms with Gasteiger partial charge in [-0.15, -0.1) is 25.0 Å². The Kier molecular flexibility index (Phi) is 21.5. The molecule has 0 atom stereocenters. The fraction of sp³-hybridized carbons (Fsp3) is 0.0909. The van der Waals surface area contributed by atoms with Crippen molar-refractivity contribution in [2.75, 3.05) is 13.1 Å². The number of nitrogens with zero attached hydrogens (tertiary/aromatic N) is 3. The van der Waals surface area contributed by atoms with E-state index < -0.39 is 42.8 Å². The van der Waals surface area contributed by atoms with Crippen LogP contribution >= 0.6 is 12.4 Å². The van der Waals surface area contributed by atoms with Gasteiger partial charge in [-0.25, -0.2) is 13.2 Å². The van der Waals surface area contributed by atoms with Crippen LogP contribution in [0, 0.1) is 0 Å². The van der Waals surface area contributed by atoms with Gasteiger partial charge in [0.1, 0.15) is 28.1 Å². The predicted molar refractivity (Wildman–Crippen MR) is 337 cm³/mol. The first-order valence-corrected chi connectivity index (χ1v) is 30.2. The van der Waals surface area contributed by atoms with Crippen molar-refractivity contribution in [1.29, 1.82) is 0 Å². The van der Waals surface area contributed by atoms with E-state index in [1.54, 1.807) is 69.9 Å². The number of carbonyl (C=O) groups is 2. The van der Waals surface area contributed by atoms with Crippen LogP contribution in [0.25, 0.3) is 55.4 Å². The fourth-order valence-electron chi connectivity index (χ4n) is 10.4. The van der Waals surface area contributed by atoms with Crippen molar-refractivity contribution in [3.8, 4) is 0 Å². The third kappa shape index (κ3) is 15.3. The Morgan fingerprint density at radius 2 is 1.12 bits per heavy atom. The average Bonchev–Trinajstić information content (AvgIpc) is 2.07. The van der Waals surface area contributed by atoms with Gasteiger partial charge >= 0.3 is 22.5 Å². The summed E-state index contributed by atoms with van der Waals surface area (Å²) in [6.07, 6.45) is 26.0. The molecule has 8 aromatic carbocycles. The summed E-state index contributed by atoms with van der Waals surface area (Å²) in [5.74, 6) is -2.00. The van der Waals surface area contributed by atoms with Gasteiger partial charge in [0.05, 0.1) is 32.3 Å². The maximum absolute atomic E-state index is 11.8. The summed E-state index contributed by atoms with van der Waals surface area (Å²) in [7, 11) is -12.0. The molecule has 0 saturated carbocycles. The molecule has 9 aromatic rings. The highest BCUT2D eigenvalue weighted by Gasteiger charge is 2.34. The molecule has 0 bridgehead atoms. The van der Waals surface area contributed by atoms with Crippen molar-refractivity contribution < 1.29 is 67.5 Å². The first-order valence-electron chi connectivity index (χ1n) is 26.4. The van der Waals surface area contributed by atoms with Crippen LogP contribution in [0.3, 0.4) is 0 Å². The van der Waals surface area contributed by atoms with Crippen molar-refractivity contribution in [1.82, 2.24) is 4.57 Å². The third-order valence-electron chi connectivity index (χ3n) is 13.8. The van der Waals surface area contributed by atoms with Crippen LogP contribution in [0.1, 0.15) is 36.1 Å². The van der Waals surface area contributed by atoms with Gasteiger partial charge in [0.2, 0.25) is 23.6 Å². The van der Waals surface area contributed by atoms with Crippen LogP contribution in [0.15, 0.2) is 234 Å². The van der Waals surface area contributed by atoms with Gasteiger partial charge in [0, 0.05) is 52.0 Å². The molecule has 0 saturated heterocycles. The van der Waals surface area contributed by atoms with Crippen LogP contribution in [0.5, 0.6) is 0 Å². The van der Waals surface area contributed by atoms with Gasteiger partial charge in [0.15, 0.2) is 5.71 Å². The quantitative estimate of drug-likeness (QED) is 0.0463. The number of carboxylic acids is 2. The molecule has 16 nitrogen and oxygen atoms in total. The minimum Gasteiger partial charge on any atom is -0.744 e. The summed E-state index contributed by atoms with van der Waals surface area (Å²) in [6.45, 7) is 4.37. The third-order valence-corrected chi connectivity index (χ3v) is 15.6. The van der Waals surface area contributed by atoms with Crippen molar-refractivity contribution in [2.24, 2.45) is 0 Å². The molecule has 438 valence electrons. The highest BCUT2D eigenvalue weighted by molar-refractivity contribution is 7.86. The van der Waals surface area contributed by atoms with E-state index in [2.05, 4.69) is 84.4 Å². The summed E-state index contributed by atoms with van der Waals surface area (Å²) >= 11 is 0. The van der Waals surface area contributed by atoms with Gasteiger partial charge in [-0.2, -0.15) is 17.6 Å². The molecule has 0 radical (unpaired) electrons. The monoisotopic (exact) mass is 1230 g/mol. The minimum atomic E-state index is -4.73. The Morgan fingerprint density at radius 3 is 1.74 bits per heavy atom. The van der Waals surface area contributed by atoms with E-state index >= 15 is 0 Å². The summed E-state index contributed by atoms with van der Waals surface area (Å²) < 4.78 is 98.6. The molecule has 0 aliphatic carbocycles. The lowest BCUT2D eigenvalue weighted by atomic mass is 10.0. The van der Waals surface area contributed by atoms with E-state index in [1.165, 1.54) is 29.3 Å². The highest BCUT2D eigenvalue weighted by atomic mass is 35.5. The average molecular weight is 1230 g/mol. The molecule has 0 amide bonds. The number of hydrogen-bond acceptors (Lipinski definition) is 10. The summed E-state index contributed by atoms with van der Waals surface area (Å²) in [4.78, 5) is 22.9. The van der Waals surface area contributed by atoms with Crippen LogP contribution < -0.4 is 5.35 Å². The number of halogens is 1. The molecule has 3 N–H and O–H groups in total. The van der Waals surface area contributed by atoms with Crippen molar-refractivity contribution in [2.45, 2.75) is 36.6 Å². The minimum absolute atomic E-state index is 0. The van der Waals surface area contributed by atoms with E-state index in [9.17, 15) is 45.7 Å². The number of carboxylic acid groups (broad SMARTS) is 2. The van der Waals surface area contributed by atoms with Gasteiger partial charge in [-0.05, 0) is 66.3 Å². The number of allylic oxidation sites excluding steroid dienone is 11. The van der Waals surface area contributed by atoms with Crippen LogP contribution in [0.4, 0.5) is 11.4 Å². The second-order valence-electron chi connectivity index (χ2n) is 19.1. The predicted octanol–water partition coefficient (Wildman–Crippen LogP) is 11.4. The van der Waals surface area contributed by atoms with E-state index in [1.807, 2.05) is 91.9 Å². The van der Waals surface area contributed by atoms with Gasteiger partial charge in [-0.3, -0.25) is 9.35 Å². The summed E-state index contributed by atoms with van der Waals surface area (Å²) in [6, 6.07) is 48.9. The smallest absolute Gasteiger partial charge is 0.425 e. The van der Waals surface area contributed by atoms with E-state index in [4.69, 9.17) is 12.6 Å². The second-order valence-corrected chi connectivity index (χ2v) is 22.2. The number of hydrogen-bond donors (Lipinski definition) is 3.